The highest BCUT2D eigenvalue weighted by molar-refractivity contribution is 5.86. The van der Waals surface area contributed by atoms with E-state index < -0.39 is 5.82 Å². The van der Waals surface area contributed by atoms with Crippen molar-refractivity contribution in [3.05, 3.63) is 53.5 Å². The minimum absolute atomic E-state index is 0.265. The average Bonchev–Trinajstić information content (AvgIpc) is 2.28. The Hall–Kier alpha value is -2.03. The third-order valence-corrected chi connectivity index (χ3v) is 2.34. The zero-order valence-corrected chi connectivity index (χ0v) is 8.77. The molecule has 0 aliphatic rings. The first kappa shape index (κ1) is 10.5. The summed E-state index contributed by atoms with van der Waals surface area (Å²) in [4.78, 5) is 14.9. The van der Waals surface area contributed by atoms with Crippen LogP contribution in [0.1, 0.15) is 15.9 Å². The monoisotopic (exact) mass is 215 g/mol. The van der Waals surface area contributed by atoms with Gasteiger partial charge in [-0.05, 0) is 30.7 Å². The van der Waals surface area contributed by atoms with Crippen LogP contribution in [0.5, 0.6) is 0 Å². The number of pyridine rings is 1. The van der Waals surface area contributed by atoms with Crippen LogP contribution in [0.4, 0.5) is 4.39 Å². The Morgan fingerprint density at radius 2 is 2.12 bits per heavy atom. The summed E-state index contributed by atoms with van der Waals surface area (Å²) in [5, 5.41) is 0. The van der Waals surface area contributed by atoms with E-state index in [1.54, 1.807) is 18.3 Å². The van der Waals surface area contributed by atoms with Gasteiger partial charge in [0.25, 0.3) is 0 Å². The summed E-state index contributed by atoms with van der Waals surface area (Å²) in [6.45, 7) is 1.90. The molecule has 0 aliphatic heterocycles. The van der Waals surface area contributed by atoms with Crippen LogP contribution in [0.3, 0.4) is 0 Å². The smallest absolute Gasteiger partial charge is 0.150 e. The van der Waals surface area contributed by atoms with Gasteiger partial charge >= 0.3 is 0 Å². The fourth-order valence-electron chi connectivity index (χ4n) is 1.58. The second-order valence-corrected chi connectivity index (χ2v) is 3.54. The number of aldehydes is 1. The van der Waals surface area contributed by atoms with E-state index in [1.807, 2.05) is 13.0 Å². The zero-order valence-electron chi connectivity index (χ0n) is 8.77. The van der Waals surface area contributed by atoms with Crippen LogP contribution in [0.2, 0.25) is 0 Å². The molecule has 0 saturated carbocycles. The number of rotatable bonds is 2. The molecule has 1 heterocycles. The van der Waals surface area contributed by atoms with Gasteiger partial charge in [-0.1, -0.05) is 12.1 Å². The Balaban J connectivity index is 2.67. The van der Waals surface area contributed by atoms with Crippen LogP contribution in [0, 0.1) is 12.7 Å². The van der Waals surface area contributed by atoms with Crippen molar-refractivity contribution in [1.29, 1.82) is 0 Å². The first-order chi connectivity index (χ1) is 7.72. The van der Waals surface area contributed by atoms with E-state index in [2.05, 4.69) is 4.98 Å². The van der Waals surface area contributed by atoms with E-state index in [-0.39, 0.29) is 5.56 Å². The summed E-state index contributed by atoms with van der Waals surface area (Å²) >= 11 is 0. The Kier molecular flexibility index (Phi) is 2.77. The van der Waals surface area contributed by atoms with E-state index in [0.717, 1.165) is 5.56 Å². The van der Waals surface area contributed by atoms with Crippen molar-refractivity contribution >= 4 is 6.29 Å². The van der Waals surface area contributed by atoms with E-state index in [9.17, 15) is 9.18 Å². The molecule has 0 N–H and O–H groups in total. The van der Waals surface area contributed by atoms with E-state index >= 15 is 0 Å². The predicted octanol–water partition coefficient (Wildman–Crippen LogP) is 3.01. The number of carbonyl (C=O) groups is 1. The lowest BCUT2D eigenvalue weighted by Crippen LogP contribution is -1.94. The van der Waals surface area contributed by atoms with Crippen molar-refractivity contribution in [3.8, 4) is 11.3 Å². The van der Waals surface area contributed by atoms with Crippen molar-refractivity contribution < 1.29 is 9.18 Å². The lowest BCUT2D eigenvalue weighted by Gasteiger charge is -2.06. The lowest BCUT2D eigenvalue weighted by atomic mass is 10.0. The normalized spacial score (nSPS) is 10.1. The highest BCUT2D eigenvalue weighted by Gasteiger charge is 2.11. The molecule has 0 spiro atoms. The third kappa shape index (κ3) is 1.84. The first-order valence-corrected chi connectivity index (χ1v) is 4.89. The van der Waals surface area contributed by atoms with Gasteiger partial charge in [0, 0.05) is 17.3 Å². The Labute approximate surface area is 92.8 Å². The largest absolute Gasteiger partial charge is 0.298 e. The van der Waals surface area contributed by atoms with Crippen molar-refractivity contribution in [3.63, 3.8) is 0 Å². The van der Waals surface area contributed by atoms with Crippen LogP contribution in [0.15, 0.2) is 36.5 Å². The van der Waals surface area contributed by atoms with Crippen molar-refractivity contribution in [1.82, 2.24) is 4.98 Å². The summed E-state index contributed by atoms with van der Waals surface area (Å²) in [7, 11) is 0. The maximum Gasteiger partial charge on any atom is 0.150 e. The van der Waals surface area contributed by atoms with Crippen LogP contribution in [0.25, 0.3) is 11.3 Å². The van der Waals surface area contributed by atoms with Crippen LogP contribution in [-0.2, 0) is 0 Å². The molecule has 1 aromatic carbocycles. The molecule has 0 unspecified atom stereocenters. The quantitative estimate of drug-likeness (QED) is 0.721. The second-order valence-electron chi connectivity index (χ2n) is 3.54. The fraction of sp³-hybridized carbons (Fsp3) is 0.0769. The van der Waals surface area contributed by atoms with Crippen molar-refractivity contribution in [2.75, 3.05) is 0 Å². The Morgan fingerprint density at radius 1 is 1.31 bits per heavy atom. The number of carbonyl (C=O) groups excluding carboxylic acids is 1. The summed E-state index contributed by atoms with van der Waals surface area (Å²) < 4.78 is 13.7. The van der Waals surface area contributed by atoms with Gasteiger partial charge in [0.2, 0.25) is 0 Å². The highest BCUT2D eigenvalue weighted by Crippen LogP contribution is 2.24. The van der Waals surface area contributed by atoms with Gasteiger partial charge in [-0.15, -0.1) is 0 Å². The van der Waals surface area contributed by atoms with Gasteiger partial charge in [0.1, 0.15) is 5.82 Å². The molecular weight excluding hydrogens is 205 g/mol. The molecule has 80 valence electrons. The highest BCUT2D eigenvalue weighted by atomic mass is 19.1. The molecule has 0 atom stereocenters. The SMILES string of the molecule is Cc1ccnc(-c2c(F)cccc2C=O)c1. The summed E-state index contributed by atoms with van der Waals surface area (Å²) in [6, 6.07) is 8.00. The molecule has 0 bridgehead atoms. The standard InChI is InChI=1S/C13H10FNO/c1-9-5-6-15-12(7-9)13-10(8-16)3-2-4-11(13)14/h2-8H,1H3. The number of hydrogen-bond donors (Lipinski definition) is 0. The van der Waals surface area contributed by atoms with Gasteiger partial charge in [-0.2, -0.15) is 0 Å². The van der Waals surface area contributed by atoms with E-state index in [4.69, 9.17) is 0 Å². The molecule has 0 aliphatic carbocycles. The molecule has 0 saturated heterocycles. The van der Waals surface area contributed by atoms with E-state index in [0.29, 0.717) is 17.5 Å². The zero-order chi connectivity index (χ0) is 11.5. The predicted molar refractivity (Wildman–Crippen MR) is 59.8 cm³/mol. The molecule has 0 radical (unpaired) electrons. The summed E-state index contributed by atoms with van der Waals surface area (Å²) in [5.74, 6) is -0.428. The van der Waals surface area contributed by atoms with Crippen molar-refractivity contribution in [2.45, 2.75) is 6.92 Å². The number of aryl methyl sites for hydroxylation is 1. The fourth-order valence-corrected chi connectivity index (χ4v) is 1.58. The van der Waals surface area contributed by atoms with Crippen LogP contribution < -0.4 is 0 Å². The van der Waals surface area contributed by atoms with Gasteiger partial charge < -0.3 is 0 Å². The minimum atomic E-state index is -0.428. The molecule has 3 heteroatoms. The number of halogens is 1. The van der Waals surface area contributed by atoms with Gasteiger partial charge in [0.15, 0.2) is 6.29 Å². The van der Waals surface area contributed by atoms with E-state index in [1.165, 1.54) is 12.1 Å². The Bertz CT molecular complexity index is 537. The molecule has 1 aromatic heterocycles. The van der Waals surface area contributed by atoms with Gasteiger partial charge in [-0.3, -0.25) is 9.78 Å². The van der Waals surface area contributed by atoms with Crippen molar-refractivity contribution in [2.24, 2.45) is 0 Å². The number of aromatic nitrogens is 1. The van der Waals surface area contributed by atoms with Crippen LogP contribution >= 0.6 is 0 Å². The maximum atomic E-state index is 13.7. The maximum absolute atomic E-state index is 13.7. The number of nitrogens with zero attached hydrogens (tertiary/aromatic N) is 1. The first-order valence-electron chi connectivity index (χ1n) is 4.89. The van der Waals surface area contributed by atoms with Gasteiger partial charge in [-0.25, -0.2) is 4.39 Å². The third-order valence-electron chi connectivity index (χ3n) is 2.34. The topological polar surface area (TPSA) is 30.0 Å². The number of benzene rings is 1. The summed E-state index contributed by atoms with van der Waals surface area (Å²) in [5.41, 5.74) is 2.05. The molecule has 0 amide bonds. The Morgan fingerprint density at radius 3 is 2.81 bits per heavy atom. The average molecular weight is 215 g/mol. The van der Waals surface area contributed by atoms with Crippen LogP contribution in [-0.4, -0.2) is 11.3 Å². The molecular formula is C13H10FNO. The minimum Gasteiger partial charge on any atom is -0.298 e. The molecule has 0 fully saturated rings. The summed E-state index contributed by atoms with van der Waals surface area (Å²) in [6.07, 6.45) is 2.24. The second kappa shape index (κ2) is 4.23. The van der Waals surface area contributed by atoms with Gasteiger partial charge in [0.05, 0.1) is 5.69 Å². The molecule has 16 heavy (non-hydrogen) atoms. The molecule has 2 aromatic rings. The lowest BCUT2D eigenvalue weighted by molar-refractivity contribution is 0.112. The number of hydrogen-bond acceptors (Lipinski definition) is 2. The molecule has 2 nitrogen and oxygen atoms in total. The molecule has 2 rings (SSSR count).